The van der Waals surface area contributed by atoms with Gasteiger partial charge in [0, 0.05) is 6.42 Å². The van der Waals surface area contributed by atoms with Crippen molar-refractivity contribution in [3.63, 3.8) is 0 Å². The summed E-state index contributed by atoms with van der Waals surface area (Å²) < 4.78 is 1.21. The van der Waals surface area contributed by atoms with E-state index in [1.807, 2.05) is 0 Å². The zero-order valence-electron chi connectivity index (χ0n) is 7.57. The fourth-order valence-corrected chi connectivity index (χ4v) is 1.68. The summed E-state index contributed by atoms with van der Waals surface area (Å²) in [6, 6.07) is 0. The number of hydrogen-bond acceptors (Lipinski definition) is 0. The predicted octanol–water partition coefficient (Wildman–Crippen LogP) is -1.19. The average molecular weight is 267 g/mol. The van der Waals surface area contributed by atoms with Crippen molar-refractivity contribution in [2.75, 3.05) is 26.7 Å². The molecule has 11 heavy (non-hydrogen) atoms. The molecule has 66 valence electrons. The minimum atomic E-state index is 0. The van der Waals surface area contributed by atoms with Gasteiger partial charge in [-0.15, -0.1) is 0 Å². The van der Waals surface area contributed by atoms with Crippen LogP contribution in [0.1, 0.15) is 19.8 Å². The number of halogens is 1. The Kier molecular flexibility index (Phi) is 4.63. The van der Waals surface area contributed by atoms with Gasteiger partial charge >= 0.3 is 0 Å². The highest BCUT2D eigenvalue weighted by Gasteiger charge is 2.23. The minimum absolute atomic E-state index is 0. The van der Waals surface area contributed by atoms with Crippen LogP contribution in [-0.4, -0.2) is 31.2 Å². The minimum Gasteiger partial charge on any atom is -1.00 e. The molecule has 1 saturated heterocycles. The third-order valence-electron chi connectivity index (χ3n) is 2.60. The van der Waals surface area contributed by atoms with Crippen LogP contribution in [-0.2, 0) is 0 Å². The molecule has 1 unspecified atom stereocenters. The molecule has 1 fully saturated rings. The Bertz CT molecular complexity index is 144. The maximum atomic E-state index is 4.04. The number of likely N-dealkylation sites (tertiary alicyclic amines) is 1. The molecule has 1 aliphatic heterocycles. The van der Waals surface area contributed by atoms with Gasteiger partial charge < -0.3 is 28.5 Å². The molecule has 0 aliphatic carbocycles. The molecule has 1 heterocycles. The molecule has 0 aromatic heterocycles. The first-order chi connectivity index (χ1) is 4.66. The normalized spacial score (nSPS) is 31.3. The molecule has 1 atom stereocenters. The molecule has 0 saturated carbocycles. The van der Waals surface area contributed by atoms with Crippen LogP contribution in [0.15, 0.2) is 12.2 Å². The van der Waals surface area contributed by atoms with Gasteiger partial charge in [0.15, 0.2) is 0 Å². The average Bonchev–Trinajstić information content (AvgIpc) is 1.88. The van der Waals surface area contributed by atoms with Gasteiger partial charge in [0.2, 0.25) is 0 Å². The maximum Gasteiger partial charge on any atom is 0.0998 e. The van der Waals surface area contributed by atoms with Crippen molar-refractivity contribution in [3.8, 4) is 0 Å². The first-order valence-electron chi connectivity index (χ1n) is 4.16. The van der Waals surface area contributed by atoms with Crippen LogP contribution in [0.5, 0.6) is 0 Å². The number of likely N-dealkylation sites (N-methyl/N-ethyl adjacent to an activating group) is 1. The molecule has 2 heteroatoms. The largest absolute Gasteiger partial charge is 1.00 e. The molecular weight excluding hydrogens is 249 g/mol. The van der Waals surface area contributed by atoms with Gasteiger partial charge in [0.25, 0.3) is 0 Å². The summed E-state index contributed by atoms with van der Waals surface area (Å²) in [5.74, 6) is 0. The van der Waals surface area contributed by atoms with E-state index in [1.165, 1.54) is 42.5 Å². The van der Waals surface area contributed by atoms with E-state index >= 15 is 0 Å². The first kappa shape index (κ1) is 11.4. The van der Waals surface area contributed by atoms with Crippen molar-refractivity contribution < 1.29 is 28.5 Å². The van der Waals surface area contributed by atoms with Crippen LogP contribution in [0, 0.1) is 0 Å². The molecule has 0 spiro atoms. The summed E-state index contributed by atoms with van der Waals surface area (Å²) in [5, 5.41) is 0. The van der Waals surface area contributed by atoms with Gasteiger partial charge in [-0.2, -0.15) is 0 Å². The maximum absolute atomic E-state index is 4.04. The molecule has 0 N–H and O–H groups in total. The number of hydrogen-bond donors (Lipinski definition) is 0. The van der Waals surface area contributed by atoms with E-state index in [9.17, 15) is 0 Å². The van der Waals surface area contributed by atoms with E-state index in [0.717, 1.165) is 0 Å². The molecule has 0 bridgehead atoms. The van der Waals surface area contributed by atoms with E-state index in [1.54, 1.807) is 0 Å². The topological polar surface area (TPSA) is 0 Å². The monoisotopic (exact) mass is 267 g/mol. The summed E-state index contributed by atoms with van der Waals surface area (Å²) in [4.78, 5) is 0. The fraction of sp³-hybridized carbons (Fsp3) is 0.778. The number of piperidine rings is 1. The van der Waals surface area contributed by atoms with Crippen LogP contribution in [0.3, 0.4) is 0 Å². The van der Waals surface area contributed by atoms with Gasteiger partial charge in [0.05, 0.1) is 26.7 Å². The summed E-state index contributed by atoms with van der Waals surface area (Å²) in [5.41, 5.74) is 1.44. The third-order valence-corrected chi connectivity index (χ3v) is 2.60. The Morgan fingerprint density at radius 2 is 2.18 bits per heavy atom. The molecule has 0 aromatic rings. The molecule has 0 aromatic carbocycles. The Morgan fingerprint density at radius 1 is 1.55 bits per heavy atom. The second kappa shape index (κ2) is 4.45. The van der Waals surface area contributed by atoms with Crippen LogP contribution < -0.4 is 24.0 Å². The van der Waals surface area contributed by atoms with E-state index in [0.29, 0.717) is 0 Å². The summed E-state index contributed by atoms with van der Waals surface area (Å²) in [7, 11) is 2.32. The summed E-state index contributed by atoms with van der Waals surface area (Å²) >= 11 is 0. The highest BCUT2D eigenvalue weighted by molar-refractivity contribution is 4.96. The van der Waals surface area contributed by atoms with Crippen molar-refractivity contribution in [2.45, 2.75) is 19.8 Å². The second-order valence-corrected chi connectivity index (χ2v) is 3.67. The molecule has 0 radical (unpaired) electrons. The Morgan fingerprint density at radius 3 is 2.55 bits per heavy atom. The van der Waals surface area contributed by atoms with Gasteiger partial charge in [0.1, 0.15) is 0 Å². The van der Waals surface area contributed by atoms with Gasteiger partial charge in [-0.1, -0.05) is 6.58 Å². The van der Waals surface area contributed by atoms with Crippen LogP contribution in [0.2, 0.25) is 0 Å². The zero-order chi connectivity index (χ0) is 7.61. The number of nitrogens with zero attached hydrogens (tertiary/aromatic N) is 1. The molecule has 1 aliphatic rings. The molecule has 0 amide bonds. The summed E-state index contributed by atoms with van der Waals surface area (Å²) in [6.07, 6.45) is 2.59. The van der Waals surface area contributed by atoms with E-state index in [-0.39, 0.29) is 24.0 Å². The fourth-order valence-electron chi connectivity index (χ4n) is 1.68. The molecule has 1 rings (SSSR count). The molecule has 1 nitrogen and oxygen atoms in total. The summed E-state index contributed by atoms with van der Waals surface area (Å²) in [6.45, 7) is 10.1. The van der Waals surface area contributed by atoms with Crippen LogP contribution >= 0.6 is 0 Å². The SMILES string of the molecule is C=C1CCC[N+](C)(CC)C1.[I-]. The predicted molar refractivity (Wildman–Crippen MR) is 44.8 cm³/mol. The lowest BCUT2D eigenvalue weighted by Crippen LogP contribution is -3.00. The van der Waals surface area contributed by atoms with Crippen molar-refractivity contribution in [1.29, 1.82) is 0 Å². The van der Waals surface area contributed by atoms with Crippen molar-refractivity contribution in [1.82, 2.24) is 0 Å². The lowest BCUT2D eigenvalue weighted by Gasteiger charge is -2.37. The number of quaternary nitrogens is 1. The van der Waals surface area contributed by atoms with Crippen LogP contribution in [0.4, 0.5) is 0 Å². The van der Waals surface area contributed by atoms with E-state index in [2.05, 4.69) is 20.6 Å². The first-order valence-corrected chi connectivity index (χ1v) is 4.16. The lowest BCUT2D eigenvalue weighted by atomic mass is 10.0. The number of rotatable bonds is 1. The molecular formula is C9H18IN. The van der Waals surface area contributed by atoms with Crippen molar-refractivity contribution in [2.24, 2.45) is 0 Å². The second-order valence-electron chi connectivity index (χ2n) is 3.67. The van der Waals surface area contributed by atoms with Gasteiger partial charge in [-0.25, -0.2) is 0 Å². The van der Waals surface area contributed by atoms with Crippen LogP contribution in [0.25, 0.3) is 0 Å². The van der Waals surface area contributed by atoms with E-state index in [4.69, 9.17) is 0 Å². The zero-order valence-corrected chi connectivity index (χ0v) is 9.73. The Hall–Kier alpha value is 0.430. The highest BCUT2D eigenvalue weighted by atomic mass is 127. The smallest absolute Gasteiger partial charge is 0.0998 e. The highest BCUT2D eigenvalue weighted by Crippen LogP contribution is 2.18. The van der Waals surface area contributed by atoms with Crippen molar-refractivity contribution in [3.05, 3.63) is 12.2 Å². The third kappa shape index (κ3) is 3.11. The van der Waals surface area contributed by atoms with Gasteiger partial charge in [-0.05, 0) is 18.9 Å². The Labute approximate surface area is 87.1 Å². The standard InChI is InChI=1S/C9H18N.HI/c1-4-10(3)7-5-6-9(2)8-10;/h2,4-8H2,1,3H3;1H/q+1;/p-1. The quantitative estimate of drug-likeness (QED) is 0.318. The van der Waals surface area contributed by atoms with Crippen molar-refractivity contribution >= 4 is 0 Å². The lowest BCUT2D eigenvalue weighted by molar-refractivity contribution is -0.906. The van der Waals surface area contributed by atoms with Gasteiger partial charge in [-0.3, -0.25) is 0 Å². The van der Waals surface area contributed by atoms with E-state index < -0.39 is 0 Å². The Balaban J connectivity index is 0.000001000.